The summed E-state index contributed by atoms with van der Waals surface area (Å²) in [5.74, 6) is 1.43. The third kappa shape index (κ3) is 5.79. The largest absolute Gasteiger partial charge is 0.490 e. The van der Waals surface area contributed by atoms with Crippen LogP contribution in [0, 0.1) is 5.92 Å². The monoisotopic (exact) mass is 387 g/mol. The number of nitrogens with zero attached hydrogens (tertiary/aromatic N) is 1. The molecule has 1 heterocycles. The molecule has 1 fully saturated rings. The first-order chi connectivity index (χ1) is 13.1. The van der Waals surface area contributed by atoms with Gasteiger partial charge in [0.15, 0.2) is 0 Å². The van der Waals surface area contributed by atoms with Crippen molar-refractivity contribution in [1.29, 1.82) is 0 Å². The maximum absolute atomic E-state index is 12.0. The molecule has 1 saturated heterocycles. The second-order valence-corrected chi connectivity index (χ2v) is 7.28. The average molecular weight is 388 g/mol. The molecule has 6 heteroatoms. The summed E-state index contributed by atoms with van der Waals surface area (Å²) in [6, 6.07) is 15.0. The Kier molecular flexibility index (Phi) is 6.82. The van der Waals surface area contributed by atoms with E-state index < -0.39 is 0 Å². The van der Waals surface area contributed by atoms with Gasteiger partial charge in [0.25, 0.3) is 0 Å². The highest BCUT2D eigenvalue weighted by atomic mass is 35.5. The Balaban J connectivity index is 1.39. The van der Waals surface area contributed by atoms with Crippen LogP contribution < -0.4 is 20.3 Å². The lowest BCUT2D eigenvalue weighted by Gasteiger charge is -2.32. The van der Waals surface area contributed by atoms with E-state index in [1.807, 2.05) is 24.3 Å². The lowest BCUT2D eigenvalue weighted by molar-refractivity contribution is 0.247. The van der Waals surface area contributed by atoms with Gasteiger partial charge < -0.3 is 20.3 Å². The van der Waals surface area contributed by atoms with Crippen LogP contribution in [0.15, 0.2) is 48.5 Å². The summed E-state index contributed by atoms with van der Waals surface area (Å²) in [4.78, 5) is 14.4. The van der Waals surface area contributed by atoms with Crippen LogP contribution in [0.4, 0.5) is 16.2 Å². The van der Waals surface area contributed by atoms with Crippen LogP contribution in [0.3, 0.4) is 0 Å². The molecule has 5 nitrogen and oxygen atoms in total. The zero-order valence-corrected chi connectivity index (χ0v) is 16.3. The molecule has 0 aromatic heterocycles. The van der Waals surface area contributed by atoms with Crippen molar-refractivity contribution in [3.05, 3.63) is 53.6 Å². The van der Waals surface area contributed by atoms with E-state index >= 15 is 0 Å². The number of hydrogen-bond donors (Lipinski definition) is 2. The van der Waals surface area contributed by atoms with Crippen LogP contribution in [0.5, 0.6) is 5.75 Å². The van der Waals surface area contributed by atoms with Crippen LogP contribution in [0.2, 0.25) is 5.02 Å². The van der Waals surface area contributed by atoms with Crippen molar-refractivity contribution in [3.63, 3.8) is 0 Å². The Hall–Kier alpha value is -2.40. The summed E-state index contributed by atoms with van der Waals surface area (Å²) in [6.45, 7) is 5.24. The van der Waals surface area contributed by atoms with Crippen LogP contribution >= 0.6 is 11.6 Å². The van der Waals surface area contributed by atoms with Crippen molar-refractivity contribution in [2.24, 2.45) is 5.92 Å². The lowest BCUT2D eigenvalue weighted by Crippen LogP contribution is -2.33. The number of para-hydroxylation sites is 1. The minimum atomic E-state index is -0.252. The van der Waals surface area contributed by atoms with Gasteiger partial charge in [0.2, 0.25) is 0 Å². The van der Waals surface area contributed by atoms with E-state index in [1.165, 1.54) is 18.5 Å². The molecule has 0 spiro atoms. The molecule has 2 aromatic rings. The number of benzene rings is 2. The average Bonchev–Trinajstić information content (AvgIpc) is 2.68. The van der Waals surface area contributed by atoms with Gasteiger partial charge in [0, 0.05) is 24.5 Å². The Morgan fingerprint density at radius 1 is 1.15 bits per heavy atom. The van der Waals surface area contributed by atoms with E-state index in [2.05, 4.69) is 34.6 Å². The smallest absolute Gasteiger partial charge is 0.319 e. The van der Waals surface area contributed by atoms with Gasteiger partial charge in [-0.1, -0.05) is 30.7 Å². The molecule has 1 aliphatic heterocycles. The number of rotatable bonds is 6. The summed E-state index contributed by atoms with van der Waals surface area (Å²) >= 11 is 6.02. The van der Waals surface area contributed by atoms with E-state index in [4.69, 9.17) is 16.3 Å². The van der Waals surface area contributed by atoms with Crippen molar-refractivity contribution < 1.29 is 9.53 Å². The molecule has 0 radical (unpaired) electrons. The van der Waals surface area contributed by atoms with Gasteiger partial charge in [-0.3, -0.25) is 0 Å². The maximum Gasteiger partial charge on any atom is 0.319 e. The van der Waals surface area contributed by atoms with Gasteiger partial charge in [-0.25, -0.2) is 4.79 Å². The number of halogens is 1. The Morgan fingerprint density at radius 3 is 2.56 bits per heavy atom. The normalized spacial score (nSPS) is 14.7. The lowest BCUT2D eigenvalue weighted by atomic mass is 9.99. The molecular formula is C21H26ClN3O2. The summed E-state index contributed by atoms with van der Waals surface area (Å²) < 4.78 is 5.55. The summed E-state index contributed by atoms with van der Waals surface area (Å²) in [7, 11) is 0. The zero-order chi connectivity index (χ0) is 19.1. The first kappa shape index (κ1) is 19.4. The van der Waals surface area contributed by atoms with Gasteiger partial charge in [-0.2, -0.15) is 0 Å². The van der Waals surface area contributed by atoms with E-state index in [0.29, 0.717) is 23.9 Å². The maximum atomic E-state index is 12.0. The van der Waals surface area contributed by atoms with Crippen molar-refractivity contribution >= 4 is 29.0 Å². The number of amides is 2. The minimum absolute atomic E-state index is 0.252. The summed E-state index contributed by atoms with van der Waals surface area (Å²) in [6.07, 6.45) is 2.47. The van der Waals surface area contributed by atoms with Crippen LogP contribution in [0.25, 0.3) is 0 Å². The molecule has 2 amide bonds. The van der Waals surface area contributed by atoms with E-state index in [0.717, 1.165) is 24.7 Å². The quantitative estimate of drug-likeness (QED) is 0.701. The predicted octanol–water partition coefficient (Wildman–Crippen LogP) is 4.78. The molecule has 2 N–H and O–H groups in total. The summed E-state index contributed by atoms with van der Waals surface area (Å²) in [5, 5.41) is 6.17. The van der Waals surface area contributed by atoms with E-state index in [1.54, 1.807) is 12.1 Å². The number of ether oxygens (including phenoxy) is 1. The van der Waals surface area contributed by atoms with Crippen molar-refractivity contribution in [2.75, 3.05) is 36.5 Å². The molecule has 3 rings (SSSR count). The van der Waals surface area contributed by atoms with Gasteiger partial charge in [-0.05, 0) is 55.2 Å². The first-order valence-electron chi connectivity index (χ1n) is 9.39. The highest BCUT2D eigenvalue weighted by molar-refractivity contribution is 6.32. The fourth-order valence-corrected chi connectivity index (χ4v) is 3.28. The van der Waals surface area contributed by atoms with Crippen molar-refractivity contribution in [2.45, 2.75) is 19.8 Å². The second kappa shape index (κ2) is 9.51. The number of anilines is 2. The SMILES string of the molecule is CC1CCN(c2ccc(NC(=O)NCCOc3ccccc3Cl)cc2)CC1. The fraction of sp³-hybridized carbons (Fsp3) is 0.381. The molecule has 0 saturated carbocycles. The molecule has 0 atom stereocenters. The summed E-state index contributed by atoms with van der Waals surface area (Å²) in [5.41, 5.74) is 1.98. The first-order valence-corrected chi connectivity index (χ1v) is 9.77. The van der Waals surface area contributed by atoms with Gasteiger partial charge >= 0.3 is 6.03 Å². The van der Waals surface area contributed by atoms with E-state index in [9.17, 15) is 4.79 Å². The predicted molar refractivity (Wildman–Crippen MR) is 111 cm³/mol. The molecule has 2 aromatic carbocycles. The number of nitrogens with one attached hydrogen (secondary N) is 2. The Labute approximate surface area is 165 Å². The molecule has 0 unspecified atom stereocenters. The molecular weight excluding hydrogens is 362 g/mol. The number of piperidine rings is 1. The van der Waals surface area contributed by atoms with Gasteiger partial charge in [0.05, 0.1) is 11.6 Å². The van der Waals surface area contributed by atoms with Gasteiger partial charge in [-0.15, -0.1) is 0 Å². The van der Waals surface area contributed by atoms with Crippen LogP contribution in [-0.4, -0.2) is 32.3 Å². The second-order valence-electron chi connectivity index (χ2n) is 6.88. The molecule has 144 valence electrons. The van der Waals surface area contributed by atoms with Crippen molar-refractivity contribution in [1.82, 2.24) is 5.32 Å². The van der Waals surface area contributed by atoms with Crippen molar-refractivity contribution in [3.8, 4) is 5.75 Å². The Bertz CT molecular complexity index is 743. The Morgan fingerprint density at radius 2 is 1.85 bits per heavy atom. The van der Waals surface area contributed by atoms with E-state index in [-0.39, 0.29) is 6.03 Å². The highest BCUT2D eigenvalue weighted by Crippen LogP contribution is 2.24. The minimum Gasteiger partial charge on any atom is -0.490 e. The third-order valence-corrected chi connectivity index (χ3v) is 5.07. The standard InChI is InChI=1S/C21H26ClN3O2/c1-16-10-13-25(14-11-16)18-8-6-17(7-9-18)24-21(26)23-12-15-27-20-5-3-2-4-19(20)22/h2-9,16H,10-15H2,1H3,(H2,23,24,26). The van der Waals surface area contributed by atoms with Crippen LogP contribution in [-0.2, 0) is 0 Å². The number of carbonyl (C=O) groups is 1. The zero-order valence-electron chi connectivity index (χ0n) is 15.6. The fourth-order valence-electron chi connectivity index (χ4n) is 3.08. The third-order valence-electron chi connectivity index (χ3n) is 4.76. The molecule has 0 bridgehead atoms. The topological polar surface area (TPSA) is 53.6 Å². The molecule has 27 heavy (non-hydrogen) atoms. The van der Waals surface area contributed by atoms with Crippen LogP contribution in [0.1, 0.15) is 19.8 Å². The molecule has 0 aliphatic carbocycles. The number of urea groups is 1. The number of hydrogen-bond acceptors (Lipinski definition) is 3. The number of carbonyl (C=O) groups excluding carboxylic acids is 1. The highest BCUT2D eigenvalue weighted by Gasteiger charge is 2.15. The molecule has 1 aliphatic rings. The van der Waals surface area contributed by atoms with Gasteiger partial charge in [0.1, 0.15) is 12.4 Å².